The zero-order chi connectivity index (χ0) is 22.1. The number of rotatable bonds is 3. The lowest BCUT2D eigenvalue weighted by Crippen LogP contribution is -2.54. The first kappa shape index (κ1) is 20.6. The van der Waals surface area contributed by atoms with Crippen LogP contribution in [0.5, 0.6) is 5.75 Å². The van der Waals surface area contributed by atoms with Crippen molar-refractivity contribution in [3.05, 3.63) is 71.4 Å². The highest BCUT2D eigenvalue weighted by molar-refractivity contribution is 6.30. The first-order valence-electron chi connectivity index (χ1n) is 10.4. The average molecular weight is 453 g/mol. The highest BCUT2D eigenvalue weighted by atomic mass is 35.5. The Morgan fingerprint density at radius 1 is 0.938 bits per heavy atom. The largest absolute Gasteiger partial charge is 0.476 e. The molecule has 0 unspecified atom stereocenters. The van der Waals surface area contributed by atoms with Gasteiger partial charge in [-0.2, -0.15) is 0 Å². The second-order valence-corrected chi connectivity index (χ2v) is 8.03. The molecule has 2 aliphatic heterocycles. The zero-order valence-electron chi connectivity index (χ0n) is 17.2. The molecule has 7 nitrogen and oxygen atoms in total. The lowest BCUT2D eigenvalue weighted by Gasteiger charge is -2.37. The van der Waals surface area contributed by atoms with Crippen LogP contribution in [0.2, 0.25) is 5.02 Å². The van der Waals surface area contributed by atoms with Gasteiger partial charge in [-0.3, -0.25) is 14.5 Å². The summed E-state index contributed by atoms with van der Waals surface area (Å²) in [6.07, 6.45) is -0.794. The molecule has 1 aromatic heterocycles. The van der Waals surface area contributed by atoms with Crippen molar-refractivity contribution >= 4 is 29.1 Å². The maximum absolute atomic E-state index is 13.4. The average Bonchev–Trinajstić information content (AvgIpc) is 3.34. The smallest absolute Gasteiger partial charge is 0.294 e. The molecule has 1 atom stereocenters. The van der Waals surface area contributed by atoms with Crippen LogP contribution in [-0.4, -0.2) is 55.7 Å². The molecule has 0 aliphatic carbocycles. The van der Waals surface area contributed by atoms with E-state index in [0.29, 0.717) is 48.5 Å². The van der Waals surface area contributed by atoms with Crippen LogP contribution in [0.4, 0.5) is 5.69 Å². The van der Waals surface area contributed by atoms with Crippen LogP contribution in [0.3, 0.4) is 0 Å². The Hall–Kier alpha value is -3.29. The second-order valence-electron chi connectivity index (χ2n) is 7.60. The molecule has 8 heteroatoms. The topological polar surface area (TPSA) is 72.2 Å². The molecule has 5 rings (SSSR count). The first-order chi connectivity index (χ1) is 15.6. The number of hydrogen-bond donors (Lipinski definition) is 0. The van der Waals surface area contributed by atoms with Crippen molar-refractivity contribution in [3.63, 3.8) is 0 Å². The minimum atomic E-state index is -0.794. The molecular weight excluding hydrogens is 432 g/mol. The van der Waals surface area contributed by atoms with Gasteiger partial charge in [0.2, 0.25) is 0 Å². The number of nitrogens with zero attached hydrogens (tertiary/aromatic N) is 2. The zero-order valence-corrected chi connectivity index (χ0v) is 18.0. The van der Waals surface area contributed by atoms with E-state index in [1.165, 1.54) is 0 Å². The van der Waals surface area contributed by atoms with Gasteiger partial charge >= 0.3 is 0 Å². The van der Waals surface area contributed by atoms with E-state index in [0.717, 1.165) is 5.56 Å². The summed E-state index contributed by atoms with van der Waals surface area (Å²) in [6.45, 7) is 2.12. The third-order valence-electron chi connectivity index (χ3n) is 5.56. The van der Waals surface area contributed by atoms with Crippen molar-refractivity contribution in [3.8, 4) is 17.1 Å². The molecule has 3 heterocycles. The van der Waals surface area contributed by atoms with Gasteiger partial charge in [-0.1, -0.05) is 23.7 Å². The fourth-order valence-electron chi connectivity index (χ4n) is 3.90. The molecule has 164 valence electrons. The summed E-state index contributed by atoms with van der Waals surface area (Å²) in [7, 11) is 0. The molecule has 3 aromatic rings. The predicted octanol–water partition coefficient (Wildman–Crippen LogP) is 3.87. The summed E-state index contributed by atoms with van der Waals surface area (Å²) in [5.74, 6) is 0.752. The molecule has 0 N–H and O–H groups in total. The Labute approximate surface area is 190 Å². The van der Waals surface area contributed by atoms with Crippen LogP contribution in [0.15, 0.2) is 65.1 Å². The van der Waals surface area contributed by atoms with Crippen molar-refractivity contribution in [1.82, 2.24) is 4.90 Å². The maximum Gasteiger partial charge on any atom is 0.294 e. The third-order valence-corrected chi connectivity index (χ3v) is 5.81. The van der Waals surface area contributed by atoms with Crippen LogP contribution in [0.25, 0.3) is 11.3 Å². The van der Waals surface area contributed by atoms with Crippen LogP contribution in [0.1, 0.15) is 10.6 Å². The van der Waals surface area contributed by atoms with Crippen molar-refractivity contribution in [2.45, 2.75) is 6.10 Å². The normalized spacial score (nSPS) is 18.1. The van der Waals surface area contributed by atoms with Gasteiger partial charge in [0.15, 0.2) is 11.9 Å². The van der Waals surface area contributed by atoms with E-state index in [-0.39, 0.29) is 24.1 Å². The lowest BCUT2D eigenvalue weighted by molar-refractivity contribution is -0.142. The number of morpholine rings is 1. The van der Waals surface area contributed by atoms with Gasteiger partial charge in [0.1, 0.15) is 11.5 Å². The van der Waals surface area contributed by atoms with Crippen LogP contribution in [0, 0.1) is 0 Å². The number of para-hydroxylation sites is 2. The van der Waals surface area contributed by atoms with Gasteiger partial charge in [0.05, 0.1) is 25.4 Å². The molecule has 0 radical (unpaired) electrons. The first-order valence-corrected chi connectivity index (χ1v) is 10.8. The van der Waals surface area contributed by atoms with Crippen molar-refractivity contribution in [1.29, 1.82) is 0 Å². The van der Waals surface area contributed by atoms with Gasteiger partial charge in [0.25, 0.3) is 11.8 Å². The SMILES string of the molecule is O=C([C@H]1CN(C(=O)c2ccc(-c3ccc(Cl)cc3)o2)c2ccccc2O1)N1CCOCC1. The fraction of sp³-hybridized carbons (Fsp3) is 0.250. The summed E-state index contributed by atoms with van der Waals surface area (Å²) >= 11 is 5.96. The molecule has 0 spiro atoms. The van der Waals surface area contributed by atoms with Gasteiger partial charge in [-0.05, 0) is 48.5 Å². The van der Waals surface area contributed by atoms with Crippen LogP contribution in [-0.2, 0) is 9.53 Å². The standard InChI is InChI=1S/C24H21ClN2O5/c25-17-7-5-16(6-8-17)19-9-10-21(31-19)24(29)27-15-22(23(28)26-11-13-30-14-12-26)32-20-4-2-1-3-18(20)27/h1-10,22H,11-15H2/t22-/m1/s1. The monoisotopic (exact) mass is 452 g/mol. The Morgan fingerprint density at radius 3 is 2.47 bits per heavy atom. The summed E-state index contributed by atoms with van der Waals surface area (Å²) < 4.78 is 17.2. The molecule has 2 aliphatic rings. The molecule has 1 fully saturated rings. The molecule has 1 saturated heterocycles. The number of carbonyl (C=O) groups is 2. The summed E-state index contributed by atoms with van der Waals surface area (Å²) in [4.78, 5) is 29.7. The number of benzene rings is 2. The van der Waals surface area contributed by atoms with Crippen molar-refractivity contribution in [2.75, 3.05) is 37.7 Å². The minimum Gasteiger partial charge on any atom is -0.476 e. The van der Waals surface area contributed by atoms with Gasteiger partial charge in [-0.25, -0.2) is 0 Å². The number of furan rings is 1. The number of fused-ring (bicyclic) bond motifs is 1. The van der Waals surface area contributed by atoms with E-state index in [4.69, 9.17) is 25.5 Å². The van der Waals surface area contributed by atoms with Crippen molar-refractivity contribution in [2.24, 2.45) is 0 Å². The Kier molecular flexibility index (Phi) is 5.59. The molecule has 0 saturated carbocycles. The van der Waals surface area contributed by atoms with Crippen LogP contribution < -0.4 is 9.64 Å². The number of hydrogen-bond acceptors (Lipinski definition) is 5. The quantitative estimate of drug-likeness (QED) is 0.603. The number of ether oxygens (including phenoxy) is 2. The van der Waals surface area contributed by atoms with E-state index in [9.17, 15) is 9.59 Å². The summed E-state index contributed by atoms with van der Waals surface area (Å²) in [5, 5.41) is 0.623. The Balaban J connectivity index is 1.42. The van der Waals surface area contributed by atoms with Crippen LogP contribution >= 0.6 is 11.6 Å². The number of halogens is 1. The Bertz CT molecular complexity index is 1140. The minimum absolute atomic E-state index is 0.100. The van der Waals surface area contributed by atoms with E-state index in [1.807, 2.05) is 24.3 Å². The van der Waals surface area contributed by atoms with Gasteiger partial charge < -0.3 is 18.8 Å². The van der Waals surface area contributed by atoms with E-state index in [2.05, 4.69) is 0 Å². The van der Waals surface area contributed by atoms with Gasteiger partial charge in [0, 0.05) is 23.7 Å². The molecular formula is C24H21ClN2O5. The number of carbonyl (C=O) groups excluding carboxylic acids is 2. The highest BCUT2D eigenvalue weighted by Crippen LogP contribution is 2.35. The van der Waals surface area contributed by atoms with E-state index in [1.54, 1.807) is 46.2 Å². The third kappa shape index (κ3) is 3.97. The molecule has 32 heavy (non-hydrogen) atoms. The summed E-state index contributed by atoms with van der Waals surface area (Å²) in [5.41, 5.74) is 1.42. The highest BCUT2D eigenvalue weighted by Gasteiger charge is 2.37. The van der Waals surface area contributed by atoms with E-state index >= 15 is 0 Å². The molecule has 2 aromatic carbocycles. The number of amides is 2. The number of anilines is 1. The van der Waals surface area contributed by atoms with E-state index < -0.39 is 6.10 Å². The fourth-order valence-corrected chi connectivity index (χ4v) is 4.02. The second kappa shape index (κ2) is 8.68. The van der Waals surface area contributed by atoms with Crippen molar-refractivity contribution < 1.29 is 23.5 Å². The molecule has 2 amide bonds. The maximum atomic E-state index is 13.4. The molecule has 0 bridgehead atoms. The predicted molar refractivity (Wildman–Crippen MR) is 119 cm³/mol. The van der Waals surface area contributed by atoms with Gasteiger partial charge in [-0.15, -0.1) is 0 Å². The Morgan fingerprint density at radius 2 is 1.69 bits per heavy atom. The lowest BCUT2D eigenvalue weighted by atomic mass is 10.1. The summed E-state index contributed by atoms with van der Waals surface area (Å²) in [6, 6.07) is 17.8.